The molecule has 0 bridgehead atoms. The molecule has 0 aromatic carbocycles. The first-order valence-corrected chi connectivity index (χ1v) is 3.45. The van der Waals surface area contributed by atoms with Crippen molar-refractivity contribution in [3.63, 3.8) is 0 Å². The average molecular weight is 131 g/mol. The van der Waals surface area contributed by atoms with Crippen molar-refractivity contribution in [2.24, 2.45) is 0 Å². The monoisotopic (exact) mass is 131 g/mol. The van der Waals surface area contributed by atoms with Crippen LogP contribution >= 0.6 is 0 Å². The van der Waals surface area contributed by atoms with Gasteiger partial charge in [0.25, 0.3) is 0 Å². The van der Waals surface area contributed by atoms with E-state index in [1.807, 2.05) is 13.0 Å². The van der Waals surface area contributed by atoms with Gasteiger partial charge in [-0.25, -0.2) is 0 Å². The third kappa shape index (κ3) is 1.38. The molecule has 1 aromatic rings. The summed E-state index contributed by atoms with van der Waals surface area (Å²) in [5.74, 6) is 0. The van der Waals surface area contributed by atoms with Crippen LogP contribution in [0.25, 0.3) is 0 Å². The highest BCUT2D eigenvalue weighted by molar-refractivity contribution is 6.33. The maximum atomic E-state index is 5.64. The van der Waals surface area contributed by atoms with Crippen molar-refractivity contribution in [3.05, 3.63) is 23.5 Å². The van der Waals surface area contributed by atoms with E-state index in [0.717, 1.165) is 17.6 Å². The van der Waals surface area contributed by atoms with Gasteiger partial charge < -0.3 is 0 Å². The summed E-state index contributed by atoms with van der Waals surface area (Å²) in [6.07, 6.45) is 2.70. The van der Waals surface area contributed by atoms with Gasteiger partial charge in [0, 0.05) is 11.9 Å². The summed E-state index contributed by atoms with van der Waals surface area (Å²) in [6, 6.07) is 2.02. The number of aromatic nitrogens is 1. The molecular weight excluding hydrogens is 121 g/mol. The fourth-order valence-electron chi connectivity index (χ4n) is 0.933. The van der Waals surface area contributed by atoms with Gasteiger partial charge >= 0.3 is 0 Å². The number of hydrogen-bond acceptors (Lipinski definition) is 1. The van der Waals surface area contributed by atoms with Crippen LogP contribution in [-0.4, -0.2) is 12.8 Å². The first kappa shape index (κ1) is 7.32. The van der Waals surface area contributed by atoms with Crippen molar-refractivity contribution in [2.45, 2.75) is 20.3 Å². The van der Waals surface area contributed by atoms with E-state index >= 15 is 0 Å². The molecule has 10 heavy (non-hydrogen) atoms. The third-order valence-electron chi connectivity index (χ3n) is 1.54. The van der Waals surface area contributed by atoms with Crippen molar-refractivity contribution < 1.29 is 0 Å². The van der Waals surface area contributed by atoms with E-state index in [2.05, 4.69) is 11.9 Å². The molecule has 0 saturated carbocycles. The highest BCUT2D eigenvalue weighted by atomic mass is 14.6. The quantitative estimate of drug-likeness (QED) is 0.512. The second-order valence-corrected chi connectivity index (χ2v) is 2.38. The van der Waals surface area contributed by atoms with Gasteiger partial charge in [0.15, 0.2) is 0 Å². The van der Waals surface area contributed by atoms with Crippen LogP contribution in [0.1, 0.15) is 18.2 Å². The molecule has 2 radical (unpaired) electrons. The summed E-state index contributed by atoms with van der Waals surface area (Å²) in [7, 11) is 5.64. The zero-order chi connectivity index (χ0) is 7.56. The highest BCUT2D eigenvalue weighted by Crippen LogP contribution is 1.97. The van der Waals surface area contributed by atoms with Gasteiger partial charge in [-0.05, 0) is 19.4 Å². The molecule has 0 N–H and O–H groups in total. The summed E-state index contributed by atoms with van der Waals surface area (Å²) >= 11 is 0. The topological polar surface area (TPSA) is 12.9 Å². The van der Waals surface area contributed by atoms with Gasteiger partial charge in [-0.2, -0.15) is 0 Å². The van der Waals surface area contributed by atoms with E-state index in [1.165, 1.54) is 5.56 Å². The van der Waals surface area contributed by atoms with Crippen molar-refractivity contribution in [1.29, 1.82) is 0 Å². The molecule has 50 valence electrons. The number of aryl methyl sites for hydroxylation is 2. The van der Waals surface area contributed by atoms with Crippen LogP contribution in [0.3, 0.4) is 0 Å². The molecule has 2 heteroatoms. The lowest BCUT2D eigenvalue weighted by molar-refractivity contribution is 1.11. The molecule has 1 heterocycles. The standard InChI is InChI=1S/C8H10BN/c1-3-7-4-6(2)10-5-8(7)9/h4-5H,3H2,1-2H3. The van der Waals surface area contributed by atoms with Crippen LogP contribution in [0.15, 0.2) is 12.3 Å². The maximum absolute atomic E-state index is 5.64. The lowest BCUT2D eigenvalue weighted by Gasteiger charge is -2.01. The summed E-state index contributed by atoms with van der Waals surface area (Å²) in [6.45, 7) is 4.06. The number of nitrogens with zero attached hydrogens (tertiary/aromatic N) is 1. The molecule has 0 spiro atoms. The highest BCUT2D eigenvalue weighted by Gasteiger charge is 1.94. The molecule has 0 atom stereocenters. The summed E-state index contributed by atoms with van der Waals surface area (Å²) in [5, 5.41) is 0. The zero-order valence-electron chi connectivity index (χ0n) is 6.39. The van der Waals surface area contributed by atoms with Crippen LogP contribution in [0.5, 0.6) is 0 Å². The minimum atomic E-state index is 0.799. The van der Waals surface area contributed by atoms with E-state index in [9.17, 15) is 0 Å². The predicted molar refractivity (Wildman–Crippen MR) is 43.7 cm³/mol. The Labute approximate surface area is 62.9 Å². The van der Waals surface area contributed by atoms with Crippen molar-refractivity contribution in [1.82, 2.24) is 4.98 Å². The maximum Gasteiger partial charge on any atom is 0.116 e. The van der Waals surface area contributed by atoms with Gasteiger partial charge in [0.05, 0.1) is 0 Å². The Balaban J connectivity index is 3.09. The zero-order valence-corrected chi connectivity index (χ0v) is 6.39. The average Bonchev–Trinajstić information content (AvgIpc) is 1.94. The molecule has 0 saturated heterocycles. The first-order valence-electron chi connectivity index (χ1n) is 3.45. The molecular formula is C8H10BN. The van der Waals surface area contributed by atoms with Gasteiger partial charge in [-0.15, -0.1) is 0 Å². The molecule has 1 rings (SSSR count). The third-order valence-corrected chi connectivity index (χ3v) is 1.54. The molecule has 0 fully saturated rings. The molecule has 0 aliphatic heterocycles. The Morgan fingerprint density at radius 1 is 1.60 bits per heavy atom. The van der Waals surface area contributed by atoms with Crippen LogP contribution in [0, 0.1) is 6.92 Å². The molecule has 0 aliphatic carbocycles. The largest absolute Gasteiger partial charge is 0.262 e. The van der Waals surface area contributed by atoms with Crippen LogP contribution in [0.4, 0.5) is 0 Å². The fraction of sp³-hybridized carbons (Fsp3) is 0.375. The SMILES string of the molecule is [B]c1cnc(C)cc1CC. The van der Waals surface area contributed by atoms with Gasteiger partial charge in [-0.1, -0.05) is 17.9 Å². The fourth-order valence-corrected chi connectivity index (χ4v) is 0.933. The molecule has 0 amide bonds. The Morgan fingerprint density at radius 2 is 2.30 bits per heavy atom. The van der Waals surface area contributed by atoms with Crippen molar-refractivity contribution in [2.75, 3.05) is 0 Å². The minimum absolute atomic E-state index is 0.799. The second-order valence-electron chi connectivity index (χ2n) is 2.38. The molecule has 0 unspecified atom stereocenters. The van der Waals surface area contributed by atoms with Crippen molar-refractivity contribution in [3.8, 4) is 0 Å². The van der Waals surface area contributed by atoms with E-state index < -0.39 is 0 Å². The minimum Gasteiger partial charge on any atom is -0.262 e. The Kier molecular flexibility index (Phi) is 2.10. The first-order chi connectivity index (χ1) is 4.74. The van der Waals surface area contributed by atoms with E-state index in [-0.39, 0.29) is 0 Å². The van der Waals surface area contributed by atoms with E-state index in [4.69, 9.17) is 7.85 Å². The summed E-state index contributed by atoms with van der Waals surface area (Å²) in [5.41, 5.74) is 3.02. The normalized spacial score (nSPS) is 9.80. The number of rotatable bonds is 1. The van der Waals surface area contributed by atoms with Crippen LogP contribution in [-0.2, 0) is 6.42 Å². The number of pyridine rings is 1. The molecule has 0 aliphatic rings. The summed E-state index contributed by atoms with van der Waals surface area (Å²) in [4.78, 5) is 4.06. The lowest BCUT2D eigenvalue weighted by atomic mass is 9.91. The van der Waals surface area contributed by atoms with Gasteiger partial charge in [0.2, 0.25) is 0 Å². The van der Waals surface area contributed by atoms with E-state index in [1.54, 1.807) is 6.20 Å². The molecule has 1 nitrogen and oxygen atoms in total. The van der Waals surface area contributed by atoms with Crippen LogP contribution in [0.2, 0.25) is 0 Å². The smallest absolute Gasteiger partial charge is 0.116 e. The molecule has 1 aromatic heterocycles. The van der Waals surface area contributed by atoms with E-state index in [0.29, 0.717) is 0 Å². The Bertz CT molecular complexity index is 233. The van der Waals surface area contributed by atoms with Gasteiger partial charge in [0.1, 0.15) is 7.85 Å². The van der Waals surface area contributed by atoms with Gasteiger partial charge in [-0.3, -0.25) is 4.98 Å². The van der Waals surface area contributed by atoms with Crippen LogP contribution < -0.4 is 5.46 Å². The second kappa shape index (κ2) is 2.87. The predicted octanol–water partition coefficient (Wildman–Crippen LogP) is 0.746. The Hall–Kier alpha value is -0.785. The lowest BCUT2D eigenvalue weighted by Crippen LogP contribution is -2.10. The van der Waals surface area contributed by atoms with Crippen molar-refractivity contribution >= 4 is 13.3 Å². The summed E-state index contributed by atoms with van der Waals surface area (Å²) < 4.78 is 0. The Morgan fingerprint density at radius 3 is 2.80 bits per heavy atom. The number of hydrogen-bond donors (Lipinski definition) is 0.